The van der Waals surface area contributed by atoms with Gasteiger partial charge in [-0.3, -0.25) is 0 Å². The number of pyridine rings is 1. The second-order valence-electron chi connectivity index (χ2n) is 6.96. The minimum Gasteiger partial charge on any atom is -0.357 e. The summed E-state index contributed by atoms with van der Waals surface area (Å²) >= 11 is 6.29. The summed E-state index contributed by atoms with van der Waals surface area (Å²) < 4.78 is 0. The topological polar surface area (TPSA) is 68.3 Å². The molecule has 1 atom stereocenters. The number of benzene rings is 1. The van der Waals surface area contributed by atoms with E-state index in [1.807, 2.05) is 18.2 Å². The number of anilines is 1. The molecule has 1 aromatic carbocycles. The van der Waals surface area contributed by atoms with Crippen molar-refractivity contribution in [2.24, 2.45) is 4.99 Å². The van der Waals surface area contributed by atoms with E-state index in [4.69, 9.17) is 16.6 Å². The number of nitrogens with zero attached hydrogens (tertiary/aromatic N) is 3. The Balaban J connectivity index is 1.40. The number of hydrogen-bond acceptors (Lipinski definition) is 3. The fourth-order valence-corrected chi connectivity index (χ4v) is 3.82. The number of nitrogens with one attached hydrogen (secondary N) is 3. The van der Waals surface area contributed by atoms with Crippen molar-refractivity contribution in [1.82, 2.24) is 20.6 Å². The first kappa shape index (κ1) is 18.6. The molecule has 3 N–H and O–H groups in total. The number of halogens is 1. The molecule has 146 valence electrons. The van der Waals surface area contributed by atoms with Gasteiger partial charge >= 0.3 is 0 Å². The first-order chi connectivity index (χ1) is 13.7. The van der Waals surface area contributed by atoms with E-state index in [-0.39, 0.29) is 0 Å². The van der Waals surface area contributed by atoms with E-state index < -0.39 is 0 Å². The zero-order valence-corrected chi connectivity index (χ0v) is 16.7. The number of guanidine groups is 1. The molecular formula is C21H25ClN6. The summed E-state index contributed by atoms with van der Waals surface area (Å²) in [7, 11) is 0. The van der Waals surface area contributed by atoms with Crippen molar-refractivity contribution >= 4 is 34.3 Å². The lowest BCUT2D eigenvalue weighted by atomic mass is 10.2. The number of fused-ring (bicyclic) bond motifs is 1. The Morgan fingerprint density at radius 3 is 3.04 bits per heavy atom. The molecule has 28 heavy (non-hydrogen) atoms. The molecule has 0 aliphatic carbocycles. The van der Waals surface area contributed by atoms with Gasteiger partial charge in [-0.25, -0.2) is 9.98 Å². The summed E-state index contributed by atoms with van der Waals surface area (Å²) in [4.78, 5) is 14.8. The molecule has 1 aliphatic rings. The molecule has 3 heterocycles. The van der Waals surface area contributed by atoms with Crippen LogP contribution in [-0.4, -0.2) is 41.6 Å². The maximum absolute atomic E-state index is 6.29. The van der Waals surface area contributed by atoms with Crippen LogP contribution in [0.25, 0.3) is 10.9 Å². The number of aliphatic imine (C=N–C) groups is 1. The van der Waals surface area contributed by atoms with E-state index in [1.54, 1.807) is 6.20 Å². The van der Waals surface area contributed by atoms with Crippen molar-refractivity contribution < 1.29 is 0 Å². The van der Waals surface area contributed by atoms with Gasteiger partial charge in [0.25, 0.3) is 0 Å². The Kier molecular flexibility index (Phi) is 5.67. The molecule has 0 spiro atoms. The third-order valence-electron chi connectivity index (χ3n) is 4.91. The molecule has 6 nitrogen and oxygen atoms in total. The van der Waals surface area contributed by atoms with Crippen molar-refractivity contribution in [1.29, 1.82) is 0 Å². The lowest BCUT2D eigenvalue weighted by Crippen LogP contribution is -2.44. The van der Waals surface area contributed by atoms with Crippen molar-refractivity contribution in [2.45, 2.75) is 25.9 Å². The lowest BCUT2D eigenvalue weighted by molar-refractivity contribution is 0.648. The summed E-state index contributed by atoms with van der Waals surface area (Å²) in [5.41, 5.74) is 2.25. The van der Waals surface area contributed by atoms with E-state index >= 15 is 0 Å². The minimum atomic E-state index is 0.304. The highest BCUT2D eigenvalue weighted by atomic mass is 35.5. The fourth-order valence-electron chi connectivity index (χ4n) is 3.58. The lowest BCUT2D eigenvalue weighted by Gasteiger charge is -2.20. The zero-order valence-electron chi connectivity index (χ0n) is 16.0. The predicted octanol–water partition coefficient (Wildman–Crippen LogP) is 3.55. The van der Waals surface area contributed by atoms with Gasteiger partial charge in [-0.1, -0.05) is 29.8 Å². The van der Waals surface area contributed by atoms with Gasteiger partial charge in [0, 0.05) is 43.1 Å². The van der Waals surface area contributed by atoms with E-state index in [0.29, 0.717) is 17.6 Å². The largest absolute Gasteiger partial charge is 0.357 e. The summed E-state index contributed by atoms with van der Waals surface area (Å²) in [5.74, 6) is 1.69. The van der Waals surface area contributed by atoms with E-state index in [0.717, 1.165) is 49.0 Å². The molecule has 0 bridgehead atoms. The standard InChI is InChI=1S/C21H25ClN6/c1-2-23-21(25-13-17-12-15-6-3-4-8-19(15)26-17)27-16-9-11-28(14-16)20-18(22)7-5-10-24-20/h3-8,10,12,16,26H,2,9,11,13-14H2,1H3,(H2,23,25,27). The van der Waals surface area contributed by atoms with Crippen molar-refractivity contribution in [3.05, 3.63) is 59.4 Å². The van der Waals surface area contributed by atoms with E-state index in [2.05, 4.69) is 56.7 Å². The molecule has 0 saturated carbocycles. The minimum absolute atomic E-state index is 0.304. The number of aromatic amines is 1. The molecule has 3 aromatic rings. The summed E-state index contributed by atoms with van der Waals surface area (Å²) in [6, 6.07) is 14.5. The zero-order chi connectivity index (χ0) is 19.3. The maximum Gasteiger partial charge on any atom is 0.191 e. The van der Waals surface area contributed by atoms with Gasteiger partial charge in [0.1, 0.15) is 5.82 Å². The average molecular weight is 397 g/mol. The second kappa shape index (κ2) is 8.52. The molecule has 4 rings (SSSR count). The molecular weight excluding hydrogens is 372 g/mol. The van der Waals surface area contributed by atoms with Crippen LogP contribution in [-0.2, 0) is 6.54 Å². The third kappa shape index (κ3) is 4.22. The van der Waals surface area contributed by atoms with Crippen LogP contribution in [0.15, 0.2) is 53.7 Å². The third-order valence-corrected chi connectivity index (χ3v) is 5.20. The molecule has 0 amide bonds. The van der Waals surface area contributed by atoms with Crippen molar-refractivity contribution in [3.8, 4) is 0 Å². The summed E-state index contributed by atoms with van der Waals surface area (Å²) in [6.07, 6.45) is 2.80. The molecule has 1 saturated heterocycles. The van der Waals surface area contributed by atoms with Gasteiger partial charge < -0.3 is 20.5 Å². The van der Waals surface area contributed by atoms with Gasteiger partial charge in [0.15, 0.2) is 5.96 Å². The summed E-state index contributed by atoms with van der Waals surface area (Å²) in [5, 5.41) is 8.81. The molecule has 1 aliphatic heterocycles. The molecule has 1 unspecified atom stereocenters. The van der Waals surface area contributed by atoms with Crippen LogP contribution in [0.1, 0.15) is 19.0 Å². The molecule has 2 aromatic heterocycles. The smallest absolute Gasteiger partial charge is 0.191 e. The first-order valence-corrected chi connectivity index (χ1v) is 10.1. The van der Waals surface area contributed by atoms with Gasteiger partial charge in [-0.05, 0) is 43.0 Å². The van der Waals surface area contributed by atoms with Gasteiger partial charge in [0.2, 0.25) is 0 Å². The highest BCUT2D eigenvalue weighted by Crippen LogP contribution is 2.25. The average Bonchev–Trinajstić information content (AvgIpc) is 3.33. The first-order valence-electron chi connectivity index (χ1n) is 9.70. The Morgan fingerprint density at radius 1 is 1.32 bits per heavy atom. The molecule has 0 radical (unpaired) electrons. The van der Waals surface area contributed by atoms with E-state index in [1.165, 1.54) is 5.39 Å². The van der Waals surface area contributed by atoms with Gasteiger partial charge in [0.05, 0.1) is 11.6 Å². The van der Waals surface area contributed by atoms with Gasteiger partial charge in [-0.2, -0.15) is 0 Å². The van der Waals surface area contributed by atoms with E-state index in [9.17, 15) is 0 Å². The molecule has 1 fully saturated rings. The van der Waals surface area contributed by atoms with Gasteiger partial charge in [-0.15, -0.1) is 0 Å². The van der Waals surface area contributed by atoms with Crippen LogP contribution in [0.4, 0.5) is 5.82 Å². The Labute approximate surface area is 170 Å². The predicted molar refractivity (Wildman–Crippen MR) is 116 cm³/mol. The van der Waals surface area contributed by atoms with Crippen molar-refractivity contribution in [2.75, 3.05) is 24.5 Å². The van der Waals surface area contributed by atoms with Crippen LogP contribution in [0.3, 0.4) is 0 Å². The number of rotatable bonds is 5. The normalized spacial score (nSPS) is 17.3. The van der Waals surface area contributed by atoms with Crippen LogP contribution in [0.5, 0.6) is 0 Å². The number of H-pyrrole nitrogens is 1. The highest BCUT2D eigenvalue weighted by molar-refractivity contribution is 6.32. The van der Waals surface area contributed by atoms with Crippen LogP contribution < -0.4 is 15.5 Å². The second-order valence-corrected chi connectivity index (χ2v) is 7.37. The Morgan fingerprint density at radius 2 is 2.21 bits per heavy atom. The number of aromatic nitrogens is 2. The SMILES string of the molecule is CCNC(=NCc1cc2ccccc2[nH]1)NC1CCN(c2ncccc2Cl)C1. The Bertz CT molecular complexity index is 933. The van der Waals surface area contributed by atoms with Crippen LogP contribution >= 0.6 is 11.6 Å². The fraction of sp³-hybridized carbons (Fsp3) is 0.333. The summed E-state index contributed by atoms with van der Waals surface area (Å²) in [6.45, 7) is 5.28. The number of hydrogen-bond donors (Lipinski definition) is 3. The molecule has 7 heteroatoms. The monoisotopic (exact) mass is 396 g/mol. The maximum atomic E-state index is 6.29. The van der Waals surface area contributed by atoms with Crippen molar-refractivity contribution in [3.63, 3.8) is 0 Å². The van der Waals surface area contributed by atoms with Crippen LogP contribution in [0, 0.1) is 0 Å². The number of para-hydroxylation sites is 1. The Hall–Kier alpha value is -2.73. The van der Waals surface area contributed by atoms with Crippen LogP contribution in [0.2, 0.25) is 5.02 Å². The highest BCUT2D eigenvalue weighted by Gasteiger charge is 2.25. The quantitative estimate of drug-likeness (QED) is 0.455.